The molecule has 1 aliphatic heterocycles. The van der Waals surface area contributed by atoms with Crippen molar-refractivity contribution in [3.8, 4) is 0 Å². The maximum absolute atomic E-state index is 9.64. The third-order valence-electron chi connectivity index (χ3n) is 3.88. The van der Waals surface area contributed by atoms with Gasteiger partial charge in [0.05, 0.1) is 11.6 Å². The minimum absolute atomic E-state index is 0.00417. The smallest absolute Gasteiger partial charge is 0.0981 e. The Morgan fingerprint density at radius 2 is 2.10 bits per heavy atom. The van der Waals surface area contributed by atoms with Gasteiger partial charge in [-0.25, -0.2) is 4.98 Å². The van der Waals surface area contributed by atoms with Crippen LogP contribution in [0, 0.1) is 5.41 Å². The van der Waals surface area contributed by atoms with E-state index in [1.54, 1.807) is 11.3 Å². The summed E-state index contributed by atoms with van der Waals surface area (Å²) in [5.74, 6) is 0. The average molecular weight is 298 g/mol. The maximum atomic E-state index is 9.64. The molecule has 2 N–H and O–H groups in total. The fourth-order valence-corrected chi connectivity index (χ4v) is 3.32. The molecule has 4 nitrogen and oxygen atoms in total. The Morgan fingerprint density at radius 1 is 1.40 bits per heavy atom. The lowest BCUT2D eigenvalue weighted by Gasteiger charge is -2.35. The first kappa shape index (κ1) is 15.9. The largest absolute Gasteiger partial charge is 0.396 e. The number of aromatic nitrogens is 1. The van der Waals surface area contributed by atoms with Crippen LogP contribution in [0.5, 0.6) is 0 Å². The van der Waals surface area contributed by atoms with E-state index in [4.69, 9.17) is 4.74 Å². The van der Waals surface area contributed by atoms with E-state index in [-0.39, 0.29) is 17.4 Å². The zero-order valence-corrected chi connectivity index (χ0v) is 13.6. The third-order valence-corrected chi connectivity index (χ3v) is 5.31. The lowest BCUT2D eigenvalue weighted by Crippen LogP contribution is -2.41. The van der Waals surface area contributed by atoms with Crippen LogP contribution < -0.4 is 5.32 Å². The SMILES string of the molecule is CC(C)(C)c1ncc(CNCC2(CO)CCOCC2)s1. The summed E-state index contributed by atoms with van der Waals surface area (Å²) in [6, 6.07) is 0. The van der Waals surface area contributed by atoms with Gasteiger partial charge in [0.25, 0.3) is 0 Å². The van der Waals surface area contributed by atoms with E-state index in [9.17, 15) is 5.11 Å². The molecule has 5 heteroatoms. The molecular formula is C15H26N2O2S. The second-order valence-corrected chi connectivity index (χ2v) is 7.87. The second kappa shape index (κ2) is 6.52. The molecule has 1 aliphatic rings. The van der Waals surface area contributed by atoms with Crippen molar-refractivity contribution in [3.05, 3.63) is 16.1 Å². The Bertz CT molecular complexity index is 420. The van der Waals surface area contributed by atoms with E-state index in [0.717, 1.165) is 39.1 Å². The molecule has 0 bridgehead atoms. The van der Waals surface area contributed by atoms with Crippen molar-refractivity contribution in [1.29, 1.82) is 0 Å². The summed E-state index contributed by atoms with van der Waals surface area (Å²) in [6.45, 7) is 9.99. The Morgan fingerprint density at radius 3 is 2.65 bits per heavy atom. The molecule has 114 valence electrons. The Hall–Kier alpha value is -0.490. The van der Waals surface area contributed by atoms with Gasteiger partial charge in [-0.05, 0) is 12.8 Å². The van der Waals surface area contributed by atoms with Gasteiger partial charge in [0.1, 0.15) is 0 Å². The molecule has 0 amide bonds. The number of ether oxygens (including phenoxy) is 1. The van der Waals surface area contributed by atoms with E-state index < -0.39 is 0 Å². The summed E-state index contributed by atoms with van der Waals surface area (Å²) < 4.78 is 5.39. The molecule has 1 fully saturated rings. The summed E-state index contributed by atoms with van der Waals surface area (Å²) in [6.07, 6.45) is 3.84. The quantitative estimate of drug-likeness (QED) is 0.876. The van der Waals surface area contributed by atoms with E-state index in [0.29, 0.717) is 0 Å². The van der Waals surface area contributed by atoms with Crippen LogP contribution in [0.1, 0.15) is 43.5 Å². The Kier molecular flexibility index (Phi) is 5.18. The lowest BCUT2D eigenvalue weighted by molar-refractivity contribution is -0.0153. The van der Waals surface area contributed by atoms with Crippen molar-refractivity contribution >= 4 is 11.3 Å². The predicted molar refractivity (Wildman–Crippen MR) is 82.1 cm³/mol. The molecule has 0 aliphatic carbocycles. The van der Waals surface area contributed by atoms with Gasteiger partial charge in [-0.1, -0.05) is 20.8 Å². The first-order valence-electron chi connectivity index (χ1n) is 7.30. The molecule has 0 unspecified atom stereocenters. The van der Waals surface area contributed by atoms with Crippen LogP contribution in [-0.2, 0) is 16.7 Å². The standard InChI is InChI=1S/C15H26N2O2S/c1-14(2,3)13-17-9-12(20-13)8-16-10-15(11-18)4-6-19-7-5-15/h9,16,18H,4-8,10-11H2,1-3H3. The molecule has 0 saturated carbocycles. The number of aliphatic hydroxyl groups excluding tert-OH is 1. The van der Waals surface area contributed by atoms with Crippen LogP contribution in [0.2, 0.25) is 0 Å². The van der Waals surface area contributed by atoms with E-state index in [1.807, 2.05) is 6.20 Å². The molecule has 1 aromatic rings. The van der Waals surface area contributed by atoms with Crippen LogP contribution in [0.4, 0.5) is 0 Å². The topological polar surface area (TPSA) is 54.4 Å². The minimum atomic E-state index is -0.00417. The molecule has 2 rings (SSSR count). The summed E-state index contributed by atoms with van der Waals surface area (Å²) in [5, 5.41) is 14.3. The molecule has 0 radical (unpaired) electrons. The molecule has 0 atom stereocenters. The van der Waals surface area contributed by atoms with Crippen molar-refractivity contribution in [2.24, 2.45) is 5.41 Å². The van der Waals surface area contributed by atoms with Crippen LogP contribution in [0.15, 0.2) is 6.20 Å². The maximum Gasteiger partial charge on any atom is 0.0981 e. The predicted octanol–water partition coefficient (Wildman–Crippen LogP) is 2.32. The fourth-order valence-electron chi connectivity index (χ4n) is 2.38. The van der Waals surface area contributed by atoms with Crippen molar-refractivity contribution in [2.45, 2.75) is 45.6 Å². The highest BCUT2D eigenvalue weighted by atomic mass is 32.1. The normalized spacial score (nSPS) is 19.2. The van der Waals surface area contributed by atoms with Crippen LogP contribution in [-0.4, -0.2) is 36.5 Å². The van der Waals surface area contributed by atoms with E-state index in [2.05, 4.69) is 31.1 Å². The number of nitrogens with one attached hydrogen (secondary N) is 1. The number of thiazole rings is 1. The minimum Gasteiger partial charge on any atom is -0.396 e. The summed E-state index contributed by atoms with van der Waals surface area (Å²) in [4.78, 5) is 5.76. The van der Waals surface area contributed by atoms with E-state index in [1.165, 1.54) is 9.88 Å². The molecule has 1 saturated heterocycles. The summed E-state index contributed by atoms with van der Waals surface area (Å²) >= 11 is 1.77. The van der Waals surface area contributed by atoms with Crippen LogP contribution in [0.3, 0.4) is 0 Å². The van der Waals surface area contributed by atoms with Gasteiger partial charge in [0.15, 0.2) is 0 Å². The number of hydrogen-bond acceptors (Lipinski definition) is 5. The van der Waals surface area contributed by atoms with Gasteiger partial charge in [-0.15, -0.1) is 11.3 Å². The molecule has 2 heterocycles. The molecule has 1 aromatic heterocycles. The zero-order chi connectivity index (χ0) is 14.6. The van der Waals surface area contributed by atoms with Gasteiger partial charge in [0, 0.05) is 48.2 Å². The second-order valence-electron chi connectivity index (χ2n) is 6.76. The lowest BCUT2D eigenvalue weighted by atomic mass is 9.81. The Labute approximate surface area is 125 Å². The van der Waals surface area contributed by atoms with Crippen molar-refractivity contribution in [2.75, 3.05) is 26.4 Å². The molecular weight excluding hydrogens is 272 g/mol. The van der Waals surface area contributed by atoms with Gasteiger partial charge in [0.2, 0.25) is 0 Å². The highest BCUT2D eigenvalue weighted by Gasteiger charge is 2.31. The molecule has 0 aromatic carbocycles. The number of hydrogen-bond donors (Lipinski definition) is 2. The monoisotopic (exact) mass is 298 g/mol. The number of rotatable bonds is 5. The summed E-state index contributed by atoms with van der Waals surface area (Å²) in [7, 11) is 0. The first-order valence-corrected chi connectivity index (χ1v) is 8.11. The third kappa shape index (κ3) is 4.01. The molecule has 20 heavy (non-hydrogen) atoms. The first-order chi connectivity index (χ1) is 9.45. The van der Waals surface area contributed by atoms with Crippen molar-refractivity contribution in [3.63, 3.8) is 0 Å². The highest BCUT2D eigenvalue weighted by molar-refractivity contribution is 7.11. The van der Waals surface area contributed by atoms with Crippen LogP contribution in [0.25, 0.3) is 0 Å². The average Bonchev–Trinajstić information content (AvgIpc) is 2.89. The van der Waals surface area contributed by atoms with Gasteiger partial charge in [-0.2, -0.15) is 0 Å². The highest BCUT2D eigenvalue weighted by Crippen LogP contribution is 2.30. The molecule has 0 spiro atoms. The number of nitrogens with zero attached hydrogens (tertiary/aromatic N) is 1. The van der Waals surface area contributed by atoms with E-state index >= 15 is 0 Å². The van der Waals surface area contributed by atoms with Crippen LogP contribution >= 0.6 is 11.3 Å². The zero-order valence-electron chi connectivity index (χ0n) is 12.7. The summed E-state index contributed by atoms with van der Waals surface area (Å²) in [5.41, 5.74) is 0.117. The van der Waals surface area contributed by atoms with Gasteiger partial charge >= 0.3 is 0 Å². The van der Waals surface area contributed by atoms with Crippen molar-refractivity contribution in [1.82, 2.24) is 10.3 Å². The fraction of sp³-hybridized carbons (Fsp3) is 0.800. The number of aliphatic hydroxyl groups is 1. The van der Waals surface area contributed by atoms with Gasteiger partial charge < -0.3 is 15.2 Å². The van der Waals surface area contributed by atoms with Gasteiger partial charge in [-0.3, -0.25) is 0 Å². The van der Waals surface area contributed by atoms with Crippen molar-refractivity contribution < 1.29 is 9.84 Å². The Balaban J connectivity index is 1.84.